The van der Waals surface area contributed by atoms with Crippen molar-refractivity contribution in [3.05, 3.63) is 35.4 Å². The van der Waals surface area contributed by atoms with E-state index < -0.39 is 18.3 Å². The van der Waals surface area contributed by atoms with Gasteiger partial charge in [-0.1, -0.05) is 24.3 Å². The van der Waals surface area contributed by atoms with Crippen molar-refractivity contribution >= 4 is 6.09 Å². The average Bonchev–Trinajstić information content (AvgIpc) is 3.12. The Bertz CT molecular complexity index is 429. The van der Waals surface area contributed by atoms with Crippen molar-refractivity contribution in [2.75, 3.05) is 0 Å². The number of ether oxygens (including phenoxy) is 1. The monoisotopic (exact) mass is 249 g/mol. The highest BCUT2D eigenvalue weighted by atomic mass is 16.6. The van der Waals surface area contributed by atoms with Gasteiger partial charge in [0.15, 0.2) is 0 Å². The summed E-state index contributed by atoms with van der Waals surface area (Å²) in [6.45, 7) is 3.62. The number of aryl methyl sites for hydroxylation is 1. The fourth-order valence-corrected chi connectivity index (χ4v) is 1.83. The summed E-state index contributed by atoms with van der Waals surface area (Å²) >= 11 is 0. The number of carbonyl (C=O) groups excluding carboxylic acids is 1. The van der Waals surface area contributed by atoms with Crippen LogP contribution in [0.4, 0.5) is 4.79 Å². The van der Waals surface area contributed by atoms with Crippen LogP contribution in [-0.2, 0) is 4.74 Å². The van der Waals surface area contributed by atoms with Crippen LogP contribution in [0.15, 0.2) is 24.3 Å². The minimum absolute atomic E-state index is 0.264. The van der Waals surface area contributed by atoms with E-state index in [4.69, 9.17) is 4.74 Å². The highest BCUT2D eigenvalue weighted by Gasteiger charge is 2.27. The molecule has 2 rings (SSSR count). The predicted octanol–water partition coefficient (Wildman–Crippen LogP) is 2.31. The molecule has 2 unspecified atom stereocenters. The molecule has 1 aliphatic carbocycles. The summed E-state index contributed by atoms with van der Waals surface area (Å²) in [5.74, 6) is 0. The van der Waals surface area contributed by atoms with Gasteiger partial charge in [0, 0.05) is 6.04 Å². The van der Waals surface area contributed by atoms with Gasteiger partial charge >= 0.3 is 6.09 Å². The SMILES string of the molecule is Cc1ccccc1C(O)C(C)OC(=O)NC1CC1. The van der Waals surface area contributed by atoms with Gasteiger partial charge in [-0.05, 0) is 37.8 Å². The summed E-state index contributed by atoms with van der Waals surface area (Å²) in [6, 6.07) is 7.81. The molecule has 0 aromatic heterocycles. The van der Waals surface area contributed by atoms with Crippen molar-refractivity contribution in [1.29, 1.82) is 0 Å². The van der Waals surface area contributed by atoms with Crippen LogP contribution in [0.1, 0.15) is 37.0 Å². The molecule has 0 heterocycles. The average molecular weight is 249 g/mol. The van der Waals surface area contributed by atoms with Crippen LogP contribution >= 0.6 is 0 Å². The first kappa shape index (κ1) is 12.9. The van der Waals surface area contributed by atoms with Gasteiger partial charge in [0.05, 0.1) is 0 Å². The number of aliphatic hydroxyl groups is 1. The van der Waals surface area contributed by atoms with Crippen molar-refractivity contribution in [1.82, 2.24) is 5.32 Å². The molecule has 4 heteroatoms. The Kier molecular flexibility index (Phi) is 3.87. The Balaban J connectivity index is 1.93. The van der Waals surface area contributed by atoms with Crippen molar-refractivity contribution in [3.63, 3.8) is 0 Å². The molecule has 2 N–H and O–H groups in total. The van der Waals surface area contributed by atoms with Gasteiger partial charge < -0.3 is 15.2 Å². The molecule has 1 amide bonds. The quantitative estimate of drug-likeness (QED) is 0.860. The van der Waals surface area contributed by atoms with Crippen LogP contribution in [0.2, 0.25) is 0 Å². The standard InChI is InChI=1S/C14H19NO3/c1-9-5-3-4-6-12(9)13(16)10(2)18-14(17)15-11-7-8-11/h3-6,10-11,13,16H,7-8H2,1-2H3,(H,15,17). The Labute approximate surface area is 107 Å². The lowest BCUT2D eigenvalue weighted by Crippen LogP contribution is -2.32. The number of hydrogen-bond acceptors (Lipinski definition) is 3. The minimum Gasteiger partial charge on any atom is -0.443 e. The summed E-state index contributed by atoms with van der Waals surface area (Å²) in [5, 5.41) is 12.9. The molecule has 2 atom stereocenters. The second-order valence-electron chi connectivity index (χ2n) is 4.83. The molecule has 1 aliphatic rings. The van der Waals surface area contributed by atoms with E-state index in [1.54, 1.807) is 6.92 Å². The zero-order valence-electron chi connectivity index (χ0n) is 10.7. The molecule has 0 aliphatic heterocycles. The number of alkyl carbamates (subject to hydrolysis) is 1. The molecular formula is C14H19NO3. The third-order valence-electron chi connectivity index (χ3n) is 3.14. The maximum Gasteiger partial charge on any atom is 0.407 e. The van der Waals surface area contributed by atoms with Crippen molar-refractivity contribution in [3.8, 4) is 0 Å². The lowest BCUT2D eigenvalue weighted by atomic mass is 10.0. The third kappa shape index (κ3) is 3.23. The maximum absolute atomic E-state index is 11.5. The normalized spacial score (nSPS) is 17.9. The molecule has 0 radical (unpaired) electrons. The van der Waals surface area contributed by atoms with Gasteiger partial charge in [0.1, 0.15) is 12.2 Å². The fourth-order valence-electron chi connectivity index (χ4n) is 1.83. The van der Waals surface area contributed by atoms with E-state index in [2.05, 4.69) is 5.32 Å². The van der Waals surface area contributed by atoms with Gasteiger partial charge in [0.2, 0.25) is 0 Å². The van der Waals surface area contributed by atoms with Crippen molar-refractivity contribution in [2.45, 2.75) is 44.9 Å². The molecule has 1 saturated carbocycles. The molecule has 98 valence electrons. The number of carbonyl (C=O) groups is 1. The third-order valence-corrected chi connectivity index (χ3v) is 3.14. The minimum atomic E-state index is -0.795. The molecule has 18 heavy (non-hydrogen) atoms. The van der Waals surface area contributed by atoms with Crippen LogP contribution in [0.3, 0.4) is 0 Å². The van der Waals surface area contributed by atoms with Gasteiger partial charge in [-0.15, -0.1) is 0 Å². The Morgan fingerprint density at radius 3 is 2.72 bits per heavy atom. The summed E-state index contributed by atoms with van der Waals surface area (Å²) in [4.78, 5) is 11.5. The van der Waals surface area contributed by atoms with E-state index in [1.807, 2.05) is 31.2 Å². The number of hydrogen-bond donors (Lipinski definition) is 2. The molecule has 0 spiro atoms. The van der Waals surface area contributed by atoms with E-state index >= 15 is 0 Å². The van der Waals surface area contributed by atoms with Crippen LogP contribution in [0.5, 0.6) is 0 Å². The molecular weight excluding hydrogens is 230 g/mol. The lowest BCUT2D eigenvalue weighted by molar-refractivity contribution is 0.0114. The van der Waals surface area contributed by atoms with E-state index in [0.717, 1.165) is 24.0 Å². The summed E-state index contributed by atoms with van der Waals surface area (Å²) in [5.41, 5.74) is 1.78. The number of amides is 1. The van der Waals surface area contributed by atoms with E-state index in [9.17, 15) is 9.90 Å². The number of nitrogens with one attached hydrogen (secondary N) is 1. The lowest BCUT2D eigenvalue weighted by Gasteiger charge is -2.21. The topological polar surface area (TPSA) is 58.6 Å². The maximum atomic E-state index is 11.5. The van der Waals surface area contributed by atoms with Gasteiger partial charge in [-0.25, -0.2) is 4.79 Å². The summed E-state index contributed by atoms with van der Waals surface area (Å²) in [7, 11) is 0. The summed E-state index contributed by atoms with van der Waals surface area (Å²) < 4.78 is 5.17. The fraction of sp³-hybridized carbons (Fsp3) is 0.500. The number of benzene rings is 1. The highest BCUT2D eigenvalue weighted by molar-refractivity contribution is 5.68. The smallest absolute Gasteiger partial charge is 0.407 e. The first-order valence-corrected chi connectivity index (χ1v) is 6.28. The van der Waals surface area contributed by atoms with E-state index in [0.29, 0.717) is 0 Å². The zero-order valence-corrected chi connectivity index (χ0v) is 10.7. The molecule has 4 nitrogen and oxygen atoms in total. The van der Waals surface area contributed by atoms with Crippen LogP contribution in [0, 0.1) is 6.92 Å². The Morgan fingerprint density at radius 1 is 1.44 bits per heavy atom. The Morgan fingerprint density at radius 2 is 2.11 bits per heavy atom. The first-order chi connectivity index (χ1) is 8.58. The molecule has 1 aromatic rings. The van der Waals surface area contributed by atoms with Gasteiger partial charge in [-0.3, -0.25) is 0 Å². The van der Waals surface area contributed by atoms with E-state index in [1.165, 1.54) is 0 Å². The second kappa shape index (κ2) is 5.40. The molecule has 0 saturated heterocycles. The highest BCUT2D eigenvalue weighted by Crippen LogP contribution is 2.23. The first-order valence-electron chi connectivity index (χ1n) is 6.28. The molecule has 0 bridgehead atoms. The Hall–Kier alpha value is -1.55. The van der Waals surface area contributed by atoms with Crippen LogP contribution in [-0.4, -0.2) is 23.3 Å². The van der Waals surface area contributed by atoms with Crippen molar-refractivity contribution in [2.24, 2.45) is 0 Å². The van der Waals surface area contributed by atoms with Gasteiger partial charge in [-0.2, -0.15) is 0 Å². The van der Waals surface area contributed by atoms with Gasteiger partial charge in [0.25, 0.3) is 0 Å². The number of aliphatic hydroxyl groups excluding tert-OH is 1. The second-order valence-corrected chi connectivity index (χ2v) is 4.83. The van der Waals surface area contributed by atoms with Crippen molar-refractivity contribution < 1.29 is 14.6 Å². The van der Waals surface area contributed by atoms with E-state index in [-0.39, 0.29) is 6.04 Å². The summed E-state index contributed by atoms with van der Waals surface area (Å²) in [6.07, 6.45) is 0.229. The molecule has 1 aromatic carbocycles. The van der Waals surface area contributed by atoms with Crippen LogP contribution in [0.25, 0.3) is 0 Å². The predicted molar refractivity (Wildman–Crippen MR) is 68.2 cm³/mol. The van der Waals surface area contributed by atoms with Crippen LogP contribution < -0.4 is 5.32 Å². The number of rotatable bonds is 4. The zero-order chi connectivity index (χ0) is 13.1. The molecule has 1 fully saturated rings. The largest absolute Gasteiger partial charge is 0.443 e.